The summed E-state index contributed by atoms with van der Waals surface area (Å²) in [5.41, 5.74) is 0.0819. The summed E-state index contributed by atoms with van der Waals surface area (Å²) in [5.74, 6) is 1.68. The molecule has 2 rings (SSSR count). The molecule has 2 aliphatic rings. The third-order valence-electron chi connectivity index (χ3n) is 4.79. The van der Waals surface area contributed by atoms with E-state index in [0.29, 0.717) is 12.1 Å². The highest BCUT2D eigenvalue weighted by Crippen LogP contribution is 2.43. The van der Waals surface area contributed by atoms with E-state index in [4.69, 9.17) is 0 Å². The topological polar surface area (TPSA) is 32.3 Å². The molecule has 2 fully saturated rings. The zero-order valence-electron chi connectivity index (χ0n) is 9.75. The maximum absolute atomic E-state index is 9.63. The average molecular weight is 197 g/mol. The zero-order valence-corrected chi connectivity index (χ0v) is 9.75. The predicted octanol–water partition coefficient (Wildman–Crippen LogP) is 1.78. The van der Waals surface area contributed by atoms with E-state index in [1.165, 1.54) is 6.42 Å². The normalized spacial score (nSPS) is 50.8. The molecule has 2 heteroatoms. The number of aliphatic hydroxyl groups is 1. The van der Waals surface area contributed by atoms with E-state index in [1.54, 1.807) is 0 Å². The van der Waals surface area contributed by atoms with Crippen LogP contribution in [-0.2, 0) is 0 Å². The fraction of sp³-hybridized carbons (Fsp3) is 1.00. The minimum Gasteiger partial charge on any atom is -0.392 e. The maximum atomic E-state index is 9.63. The summed E-state index contributed by atoms with van der Waals surface area (Å²) >= 11 is 0. The van der Waals surface area contributed by atoms with Crippen LogP contribution in [0.5, 0.6) is 0 Å². The lowest BCUT2D eigenvalue weighted by Gasteiger charge is -2.54. The molecule has 2 N–H and O–H groups in total. The highest BCUT2D eigenvalue weighted by molar-refractivity contribution is 5.04. The second-order valence-electron chi connectivity index (χ2n) is 5.97. The largest absolute Gasteiger partial charge is 0.392 e. The molecule has 0 aromatic carbocycles. The van der Waals surface area contributed by atoms with Crippen LogP contribution < -0.4 is 5.32 Å². The minimum absolute atomic E-state index is 0.0819. The molecule has 5 atom stereocenters. The summed E-state index contributed by atoms with van der Waals surface area (Å²) in [7, 11) is 0. The molecule has 0 amide bonds. The zero-order chi connectivity index (χ0) is 10.5. The molecule has 0 aliphatic heterocycles. The van der Waals surface area contributed by atoms with Crippen LogP contribution in [0.15, 0.2) is 0 Å². The molecule has 2 nitrogen and oxygen atoms in total. The SMILES string of the molecule is CC1CC(NC2CC(O)C2(C)C)C1C. The second-order valence-corrected chi connectivity index (χ2v) is 5.97. The third-order valence-corrected chi connectivity index (χ3v) is 4.79. The second kappa shape index (κ2) is 3.21. The van der Waals surface area contributed by atoms with Gasteiger partial charge >= 0.3 is 0 Å². The van der Waals surface area contributed by atoms with Crippen molar-refractivity contribution >= 4 is 0 Å². The van der Waals surface area contributed by atoms with E-state index in [1.807, 2.05) is 0 Å². The third kappa shape index (κ3) is 1.40. The van der Waals surface area contributed by atoms with Crippen molar-refractivity contribution in [1.29, 1.82) is 0 Å². The molecule has 0 radical (unpaired) electrons. The molecule has 14 heavy (non-hydrogen) atoms. The van der Waals surface area contributed by atoms with Gasteiger partial charge in [-0.05, 0) is 24.7 Å². The minimum atomic E-state index is -0.104. The molecule has 0 heterocycles. The Kier molecular flexibility index (Phi) is 2.39. The summed E-state index contributed by atoms with van der Waals surface area (Å²) in [5, 5.41) is 13.3. The van der Waals surface area contributed by atoms with E-state index in [-0.39, 0.29) is 11.5 Å². The molecule has 0 saturated heterocycles. The van der Waals surface area contributed by atoms with Crippen LogP contribution in [0.4, 0.5) is 0 Å². The fourth-order valence-electron chi connectivity index (χ4n) is 2.69. The van der Waals surface area contributed by atoms with Crippen LogP contribution in [0, 0.1) is 17.3 Å². The van der Waals surface area contributed by atoms with Crippen LogP contribution in [-0.4, -0.2) is 23.3 Å². The van der Waals surface area contributed by atoms with Gasteiger partial charge in [0.1, 0.15) is 0 Å². The van der Waals surface area contributed by atoms with Crippen LogP contribution in [0.3, 0.4) is 0 Å². The molecule has 82 valence electrons. The van der Waals surface area contributed by atoms with E-state index in [0.717, 1.165) is 18.3 Å². The van der Waals surface area contributed by atoms with Gasteiger partial charge in [-0.1, -0.05) is 27.7 Å². The molecule has 0 spiro atoms. The first-order valence-electron chi connectivity index (χ1n) is 5.87. The standard InChI is InChI=1S/C12H23NO/c1-7-5-9(8(7)2)13-10-6-11(14)12(10,3)4/h7-11,13-14H,5-6H2,1-4H3. The van der Waals surface area contributed by atoms with E-state index in [2.05, 4.69) is 33.0 Å². The monoisotopic (exact) mass is 197 g/mol. The molecule has 0 bridgehead atoms. The molecular weight excluding hydrogens is 174 g/mol. The Morgan fingerprint density at radius 1 is 1.21 bits per heavy atom. The average Bonchev–Trinajstić information content (AvgIpc) is 2.15. The van der Waals surface area contributed by atoms with Crippen molar-refractivity contribution in [1.82, 2.24) is 5.32 Å². The Morgan fingerprint density at radius 3 is 2.21 bits per heavy atom. The number of hydrogen-bond donors (Lipinski definition) is 2. The Labute approximate surface area is 87.1 Å². The first-order valence-corrected chi connectivity index (χ1v) is 5.87. The van der Waals surface area contributed by atoms with Gasteiger partial charge in [0, 0.05) is 17.5 Å². The number of aliphatic hydroxyl groups excluding tert-OH is 1. The van der Waals surface area contributed by atoms with E-state index < -0.39 is 0 Å². The van der Waals surface area contributed by atoms with E-state index >= 15 is 0 Å². The van der Waals surface area contributed by atoms with Crippen molar-refractivity contribution in [3.8, 4) is 0 Å². The lowest BCUT2D eigenvalue weighted by Crippen LogP contribution is -2.65. The highest BCUT2D eigenvalue weighted by Gasteiger charge is 2.49. The quantitative estimate of drug-likeness (QED) is 0.707. The maximum Gasteiger partial charge on any atom is 0.0621 e. The Bertz CT molecular complexity index is 226. The van der Waals surface area contributed by atoms with Crippen LogP contribution in [0.2, 0.25) is 0 Å². The number of rotatable bonds is 2. The van der Waals surface area contributed by atoms with Crippen molar-refractivity contribution in [2.24, 2.45) is 17.3 Å². The first kappa shape index (κ1) is 10.4. The Morgan fingerprint density at radius 2 is 1.86 bits per heavy atom. The molecule has 5 unspecified atom stereocenters. The van der Waals surface area contributed by atoms with Crippen molar-refractivity contribution in [2.45, 2.75) is 58.7 Å². The van der Waals surface area contributed by atoms with Crippen molar-refractivity contribution in [3.05, 3.63) is 0 Å². The number of nitrogens with one attached hydrogen (secondary N) is 1. The Balaban J connectivity index is 1.83. The smallest absolute Gasteiger partial charge is 0.0621 e. The summed E-state index contributed by atoms with van der Waals surface area (Å²) in [6, 6.07) is 1.22. The predicted molar refractivity (Wildman–Crippen MR) is 58.1 cm³/mol. The molecule has 0 aromatic heterocycles. The van der Waals surface area contributed by atoms with Crippen molar-refractivity contribution < 1.29 is 5.11 Å². The van der Waals surface area contributed by atoms with Crippen LogP contribution in [0.1, 0.15) is 40.5 Å². The molecule has 0 aromatic rings. The van der Waals surface area contributed by atoms with Gasteiger partial charge in [0.2, 0.25) is 0 Å². The lowest BCUT2D eigenvalue weighted by molar-refractivity contribution is -0.0850. The van der Waals surface area contributed by atoms with Crippen LogP contribution >= 0.6 is 0 Å². The molecular formula is C12H23NO. The fourth-order valence-corrected chi connectivity index (χ4v) is 2.69. The van der Waals surface area contributed by atoms with Gasteiger partial charge in [0.25, 0.3) is 0 Å². The first-order chi connectivity index (χ1) is 6.43. The van der Waals surface area contributed by atoms with Gasteiger partial charge in [-0.2, -0.15) is 0 Å². The van der Waals surface area contributed by atoms with Crippen molar-refractivity contribution in [2.75, 3.05) is 0 Å². The van der Waals surface area contributed by atoms with Gasteiger partial charge in [-0.25, -0.2) is 0 Å². The molecule has 2 aliphatic carbocycles. The lowest BCUT2D eigenvalue weighted by atomic mass is 9.62. The van der Waals surface area contributed by atoms with Gasteiger partial charge < -0.3 is 10.4 Å². The van der Waals surface area contributed by atoms with Gasteiger partial charge in [0.05, 0.1) is 6.10 Å². The molecule has 2 saturated carbocycles. The number of hydrogen-bond acceptors (Lipinski definition) is 2. The van der Waals surface area contributed by atoms with Crippen LogP contribution in [0.25, 0.3) is 0 Å². The van der Waals surface area contributed by atoms with E-state index in [9.17, 15) is 5.11 Å². The Hall–Kier alpha value is -0.0800. The summed E-state index contributed by atoms with van der Waals surface area (Å²) < 4.78 is 0. The van der Waals surface area contributed by atoms with Gasteiger partial charge in [0.15, 0.2) is 0 Å². The van der Waals surface area contributed by atoms with Gasteiger partial charge in [-0.3, -0.25) is 0 Å². The highest BCUT2D eigenvalue weighted by atomic mass is 16.3. The van der Waals surface area contributed by atoms with Gasteiger partial charge in [-0.15, -0.1) is 0 Å². The summed E-state index contributed by atoms with van der Waals surface area (Å²) in [6.07, 6.45) is 2.14. The summed E-state index contributed by atoms with van der Waals surface area (Å²) in [4.78, 5) is 0. The van der Waals surface area contributed by atoms with Crippen molar-refractivity contribution in [3.63, 3.8) is 0 Å². The summed E-state index contributed by atoms with van der Waals surface area (Å²) in [6.45, 7) is 8.97.